The second-order valence-corrected chi connectivity index (χ2v) is 26.3. The average Bonchev–Trinajstić information content (AvgIpc) is 0.929. The summed E-state index contributed by atoms with van der Waals surface area (Å²) in [4.78, 5) is 72.0. The van der Waals surface area contributed by atoms with Crippen molar-refractivity contribution in [1.29, 1.82) is 15.8 Å². The van der Waals surface area contributed by atoms with Gasteiger partial charge in [-0.15, -0.1) is 0 Å². The van der Waals surface area contributed by atoms with E-state index in [1.54, 1.807) is 123 Å². The van der Waals surface area contributed by atoms with Crippen LogP contribution in [0.2, 0.25) is 15.1 Å². The number of hydrogen-bond donors (Lipinski definition) is 6. The number of rotatable bonds is 14. The Kier molecular flexibility index (Phi) is 23.9. The van der Waals surface area contributed by atoms with Gasteiger partial charge >= 0.3 is 5.97 Å². The number of fused-ring (bicyclic) bond motifs is 6. The van der Waals surface area contributed by atoms with Crippen LogP contribution in [0.25, 0.3) is 65.4 Å². The van der Waals surface area contributed by atoms with Crippen molar-refractivity contribution in [1.82, 2.24) is 55.5 Å². The minimum absolute atomic E-state index is 0. The van der Waals surface area contributed by atoms with Crippen LogP contribution in [0.5, 0.6) is 0 Å². The minimum Gasteiger partial charge on any atom is -0.465 e. The lowest BCUT2D eigenvalue weighted by Gasteiger charge is -2.09. The molecule has 538 valence electrons. The van der Waals surface area contributed by atoms with E-state index >= 15 is 0 Å². The number of halogens is 6. The van der Waals surface area contributed by atoms with Crippen LogP contribution in [-0.2, 0) is 43.6 Å². The molecule has 0 radical (unpaired) electrons. The molecule has 9 aromatic heterocycles. The third kappa shape index (κ3) is 17.7. The Morgan fingerprint density at radius 2 is 0.787 bits per heavy atom. The number of amides is 2. The van der Waals surface area contributed by atoms with Crippen LogP contribution in [0.3, 0.4) is 0 Å². The van der Waals surface area contributed by atoms with Gasteiger partial charge in [-0.3, -0.25) is 39.5 Å². The Hall–Kier alpha value is -12.9. The van der Waals surface area contributed by atoms with Crippen molar-refractivity contribution in [3.8, 4) is 18.2 Å². The molecule has 0 atom stereocenters. The maximum Gasteiger partial charge on any atom is 0.337 e. The van der Waals surface area contributed by atoms with Crippen LogP contribution in [0.1, 0.15) is 122 Å². The number of aryl methyl sites for hydroxylation is 3. The molecule has 25 heteroatoms. The second-order valence-electron chi connectivity index (χ2n) is 25.1. The van der Waals surface area contributed by atoms with E-state index in [2.05, 4.69) is 73.7 Å². The number of carbonyl (C=O) groups excluding carboxylic acids is 3. The minimum atomic E-state index is -0.430. The molecule has 9 heterocycles. The lowest BCUT2D eigenvalue weighted by atomic mass is 10.0. The largest absolute Gasteiger partial charge is 0.465 e. The summed E-state index contributed by atoms with van der Waals surface area (Å²) in [6, 6.07) is 43.0. The van der Waals surface area contributed by atoms with Crippen molar-refractivity contribution in [2.75, 3.05) is 7.11 Å². The molecule has 0 saturated carbocycles. The lowest BCUT2D eigenvalue weighted by Crippen LogP contribution is -2.23. The van der Waals surface area contributed by atoms with Gasteiger partial charge < -0.3 is 36.1 Å². The van der Waals surface area contributed by atoms with Crippen molar-refractivity contribution in [3.63, 3.8) is 0 Å². The Labute approximate surface area is 632 Å². The topological polar surface area (TPSA) is 307 Å². The third-order valence-electron chi connectivity index (χ3n) is 17.3. The zero-order chi connectivity index (χ0) is 75.6. The number of benzene rings is 6. The van der Waals surface area contributed by atoms with Crippen LogP contribution >= 0.6 is 34.8 Å². The van der Waals surface area contributed by atoms with E-state index < -0.39 is 17.6 Å². The first-order valence-electron chi connectivity index (χ1n) is 33.1. The lowest BCUT2D eigenvalue weighted by molar-refractivity contribution is 0.0600. The molecule has 19 nitrogen and oxygen atoms in total. The Balaban J connectivity index is 0.000000150. The van der Waals surface area contributed by atoms with Crippen LogP contribution in [0.15, 0.2) is 183 Å². The summed E-state index contributed by atoms with van der Waals surface area (Å²) in [6.07, 6.45) is 16.2. The molecule has 108 heavy (non-hydrogen) atoms. The molecule has 0 unspecified atom stereocenters. The molecule has 7 N–H and O–H groups in total. The molecular formula is C83H65Cl3F3N15O4. The number of esters is 1. The molecule has 6 aromatic carbocycles. The summed E-state index contributed by atoms with van der Waals surface area (Å²) in [7, 11) is 1.35. The molecule has 15 aromatic rings. The number of aromatic nitrogens is 9. The molecular weight excluding hydrogens is 1430 g/mol. The van der Waals surface area contributed by atoms with E-state index in [0.717, 1.165) is 60.6 Å². The number of hydrogen-bond acceptors (Lipinski definition) is 14. The maximum atomic E-state index is 14.4. The predicted molar refractivity (Wildman–Crippen MR) is 413 cm³/mol. The van der Waals surface area contributed by atoms with E-state index in [9.17, 15) is 43.3 Å². The highest BCUT2D eigenvalue weighted by molar-refractivity contribution is 6.36. The number of nitrogens with zero attached hydrogens (tertiary/aromatic N) is 9. The summed E-state index contributed by atoms with van der Waals surface area (Å²) in [5.74, 6) is -2.24. The second kappa shape index (κ2) is 33.9. The van der Waals surface area contributed by atoms with Gasteiger partial charge in [0.15, 0.2) is 0 Å². The van der Waals surface area contributed by atoms with Gasteiger partial charge in [-0.25, -0.2) is 18.0 Å². The number of nitrogens with two attached hydrogens (primary N) is 1. The fourth-order valence-electron chi connectivity index (χ4n) is 12.2. The summed E-state index contributed by atoms with van der Waals surface area (Å²) in [5.41, 5.74) is 21.1. The van der Waals surface area contributed by atoms with Crippen molar-refractivity contribution in [2.45, 2.75) is 67.1 Å². The maximum absolute atomic E-state index is 14.4. The van der Waals surface area contributed by atoms with Crippen LogP contribution in [-0.4, -0.2) is 69.7 Å². The van der Waals surface area contributed by atoms with Gasteiger partial charge in [0, 0.05) is 188 Å². The number of aromatic amines is 3. The first-order valence-corrected chi connectivity index (χ1v) is 34.2. The van der Waals surface area contributed by atoms with Gasteiger partial charge in [-0.05, 0) is 182 Å². The summed E-state index contributed by atoms with van der Waals surface area (Å²) in [6.45, 7) is 6.08. The van der Waals surface area contributed by atoms with Crippen molar-refractivity contribution in [2.24, 2.45) is 5.73 Å². The van der Waals surface area contributed by atoms with E-state index in [1.165, 1.54) is 25.3 Å². The van der Waals surface area contributed by atoms with E-state index in [-0.39, 0.29) is 44.7 Å². The van der Waals surface area contributed by atoms with Gasteiger partial charge in [0.2, 0.25) is 0 Å². The number of H-pyrrole nitrogens is 3. The zero-order valence-electron chi connectivity index (χ0n) is 57.6. The molecule has 0 aliphatic carbocycles. The smallest absolute Gasteiger partial charge is 0.337 e. The highest BCUT2D eigenvalue weighted by Crippen LogP contribution is 2.31. The van der Waals surface area contributed by atoms with Crippen molar-refractivity contribution in [3.05, 3.63) is 316 Å². The number of nitriles is 3. The average molecular weight is 1500 g/mol. The fraction of sp³-hybridized carbons (Fsp3) is 0.133. The summed E-state index contributed by atoms with van der Waals surface area (Å²) in [5, 5.41) is 40.5. The Bertz CT molecular complexity index is 5890. The van der Waals surface area contributed by atoms with E-state index in [4.69, 9.17) is 45.3 Å². The van der Waals surface area contributed by atoms with Gasteiger partial charge in [-0.1, -0.05) is 42.2 Å². The van der Waals surface area contributed by atoms with Gasteiger partial charge in [-0.2, -0.15) is 15.8 Å². The van der Waals surface area contributed by atoms with E-state index in [0.29, 0.717) is 140 Å². The molecule has 0 spiro atoms. The molecule has 2 amide bonds. The van der Waals surface area contributed by atoms with Crippen LogP contribution in [0, 0.1) is 72.2 Å². The first kappa shape index (κ1) is 76.3. The fourth-order valence-corrected chi connectivity index (χ4v) is 12.8. The van der Waals surface area contributed by atoms with Gasteiger partial charge in [0.25, 0.3) is 11.8 Å². The summed E-state index contributed by atoms with van der Waals surface area (Å²) < 4.78 is 46.8. The highest BCUT2D eigenvalue weighted by atomic mass is 35.5. The monoisotopic (exact) mass is 1500 g/mol. The molecule has 15 rings (SSSR count). The quantitative estimate of drug-likeness (QED) is 0.0552. The molecule has 0 aliphatic heterocycles. The number of carbonyl (C=O) groups is 3. The van der Waals surface area contributed by atoms with Crippen LogP contribution in [0.4, 0.5) is 13.2 Å². The van der Waals surface area contributed by atoms with Gasteiger partial charge in [0.05, 0.1) is 61.0 Å². The molecule has 0 fully saturated rings. The van der Waals surface area contributed by atoms with Crippen LogP contribution < -0.4 is 16.4 Å². The number of ether oxygens (including phenoxy) is 1. The standard InChI is InChI=1S/2C27H19ClFN5O.C19H15N3O2.C9H8ClFN2.CH4/c2*1-15-4-18-5-16(6-19(11-30)26(18)33-12-15)7-21-8-17(2-3-31-21)27(35)34-13-20-9-22-23(28)14-32-25(22)10-24(20)29;1-12-5-15-6-13(7-16(10-20)18(15)22-11-12)8-17-9-14(3-4-21-17)19(23)24-2;10-7-4-13-9-2-8(11)5(3-12)1-6(7)9;/h2*2-6,8-10,12,14,32H,7,13H2,1H3,(H,34,35);3-7,9,11H,8H2,1-2H3;1-2,4,13H,3,12H2;1H4. The SMILES string of the molecule is C.COC(=O)c1ccnc(Cc2cc(C#N)c3ncc(C)cc3c2)c1.Cc1cnc2c(C#N)cc(Cc3cc(C(=O)NCc4cc5c(Cl)c[nH]c5cc4F)ccn3)cc2c1.Cc1cnc2c(C#N)cc(Cc3cc(C(=O)NCc4cc5c(Cl)c[nH]c5cc4F)ccn3)cc2c1.NCc1cc2c(Cl)c[nH]c2cc1F. The van der Waals surface area contributed by atoms with Crippen molar-refractivity contribution < 1.29 is 32.3 Å². The third-order valence-corrected chi connectivity index (χ3v) is 18.3. The Morgan fingerprint density at radius 3 is 1.12 bits per heavy atom. The van der Waals surface area contributed by atoms with Gasteiger partial charge in [0.1, 0.15) is 35.7 Å². The number of nitrogens with one attached hydrogen (secondary N) is 5. The summed E-state index contributed by atoms with van der Waals surface area (Å²) >= 11 is 18.1. The normalized spacial score (nSPS) is 10.8. The number of pyridine rings is 6. The predicted octanol–water partition coefficient (Wildman–Crippen LogP) is 17.5. The first-order chi connectivity index (χ1) is 51.6. The van der Waals surface area contributed by atoms with Crippen molar-refractivity contribution >= 4 is 118 Å². The number of methoxy groups -OCH3 is 1. The molecule has 0 bridgehead atoms. The zero-order valence-corrected chi connectivity index (χ0v) is 59.8. The molecule has 0 aliphatic rings. The molecule has 0 saturated heterocycles. The Morgan fingerprint density at radius 1 is 0.463 bits per heavy atom. The van der Waals surface area contributed by atoms with E-state index in [1.807, 2.05) is 63.2 Å². The highest BCUT2D eigenvalue weighted by Gasteiger charge is 2.18.